The van der Waals surface area contributed by atoms with Gasteiger partial charge in [-0.2, -0.15) is 5.10 Å². The van der Waals surface area contributed by atoms with Gasteiger partial charge in [0.25, 0.3) is 5.91 Å². The van der Waals surface area contributed by atoms with Crippen LogP contribution in [0.25, 0.3) is 0 Å². The molecule has 0 spiro atoms. The van der Waals surface area contributed by atoms with Gasteiger partial charge >= 0.3 is 0 Å². The van der Waals surface area contributed by atoms with Crippen LogP contribution in [-0.2, 0) is 6.54 Å². The van der Waals surface area contributed by atoms with E-state index in [1.54, 1.807) is 6.20 Å². The van der Waals surface area contributed by atoms with Crippen LogP contribution in [0.4, 0.5) is 0 Å². The van der Waals surface area contributed by atoms with Crippen molar-refractivity contribution in [3.8, 4) is 0 Å². The predicted octanol–water partition coefficient (Wildman–Crippen LogP) is 3.16. The molecule has 24 heavy (non-hydrogen) atoms. The summed E-state index contributed by atoms with van der Waals surface area (Å²) in [6.07, 6.45) is 4.66. The maximum Gasteiger partial charge on any atom is 0.251 e. The Morgan fingerprint density at radius 3 is 2.54 bits per heavy atom. The van der Waals surface area contributed by atoms with Crippen molar-refractivity contribution in [1.82, 2.24) is 20.0 Å². The lowest BCUT2D eigenvalue weighted by atomic mass is 10.1. The second-order valence-corrected chi connectivity index (χ2v) is 6.61. The molecule has 0 atom stereocenters. The topological polar surface area (TPSA) is 50.2 Å². The molecule has 1 aromatic heterocycles. The van der Waals surface area contributed by atoms with Gasteiger partial charge in [0.2, 0.25) is 0 Å². The molecule has 0 unspecified atom stereocenters. The smallest absolute Gasteiger partial charge is 0.251 e. The molecule has 6 heteroatoms. The molecule has 0 saturated heterocycles. The second kappa shape index (κ2) is 9.59. The van der Waals surface area contributed by atoms with Crippen molar-refractivity contribution in [1.29, 1.82) is 0 Å². The first-order valence-electron chi connectivity index (χ1n) is 8.39. The summed E-state index contributed by atoms with van der Waals surface area (Å²) in [4.78, 5) is 14.5. The largest absolute Gasteiger partial charge is 0.352 e. The van der Waals surface area contributed by atoms with Crippen LogP contribution in [0.2, 0.25) is 0 Å². The average Bonchev–Trinajstić information content (AvgIpc) is 3.00. The molecular weight excluding hydrogens is 368 g/mol. The minimum absolute atomic E-state index is 0.0112. The highest BCUT2D eigenvalue weighted by Crippen LogP contribution is 2.10. The monoisotopic (exact) mass is 392 g/mol. The zero-order valence-corrected chi connectivity index (χ0v) is 15.9. The fourth-order valence-corrected chi connectivity index (χ4v) is 2.85. The molecule has 130 valence electrons. The van der Waals surface area contributed by atoms with Crippen LogP contribution in [0.1, 0.15) is 36.2 Å². The van der Waals surface area contributed by atoms with Crippen LogP contribution in [0.15, 0.2) is 41.1 Å². The molecule has 0 aliphatic carbocycles. The lowest BCUT2D eigenvalue weighted by Crippen LogP contribution is -2.29. The Morgan fingerprint density at radius 1 is 1.25 bits per heavy atom. The summed E-state index contributed by atoms with van der Waals surface area (Å²) in [5.41, 5.74) is 1.81. The molecule has 2 aromatic rings. The quantitative estimate of drug-likeness (QED) is 0.666. The van der Waals surface area contributed by atoms with Crippen molar-refractivity contribution in [3.05, 3.63) is 52.3 Å². The predicted molar refractivity (Wildman–Crippen MR) is 100 cm³/mol. The van der Waals surface area contributed by atoms with Gasteiger partial charge in [0.1, 0.15) is 0 Å². The summed E-state index contributed by atoms with van der Waals surface area (Å²) in [5.74, 6) is -0.0112. The summed E-state index contributed by atoms with van der Waals surface area (Å²) in [6.45, 7) is 8.84. The lowest BCUT2D eigenvalue weighted by molar-refractivity contribution is 0.0952. The number of rotatable bonds is 9. The van der Waals surface area contributed by atoms with Crippen molar-refractivity contribution in [2.75, 3.05) is 26.2 Å². The van der Waals surface area contributed by atoms with E-state index >= 15 is 0 Å². The number of nitrogens with one attached hydrogen (secondary N) is 1. The Hall–Kier alpha value is -1.66. The first kappa shape index (κ1) is 18.7. The molecule has 0 aliphatic rings. The molecule has 1 aromatic carbocycles. The van der Waals surface area contributed by atoms with E-state index in [1.165, 1.54) is 0 Å². The maximum absolute atomic E-state index is 12.2. The Bertz CT molecular complexity index is 635. The molecule has 0 bridgehead atoms. The van der Waals surface area contributed by atoms with E-state index in [1.807, 2.05) is 35.1 Å². The molecule has 1 amide bonds. The zero-order valence-electron chi connectivity index (χ0n) is 14.3. The van der Waals surface area contributed by atoms with Gasteiger partial charge in [0, 0.05) is 18.3 Å². The number of hydrogen-bond acceptors (Lipinski definition) is 3. The third kappa shape index (κ3) is 5.76. The number of carbonyl (C=O) groups excluding carboxylic acids is 1. The number of carbonyl (C=O) groups is 1. The van der Waals surface area contributed by atoms with E-state index in [2.05, 4.69) is 45.1 Å². The van der Waals surface area contributed by atoms with Crippen LogP contribution >= 0.6 is 15.9 Å². The first-order valence-corrected chi connectivity index (χ1v) is 9.19. The highest BCUT2D eigenvalue weighted by atomic mass is 79.9. The molecule has 1 N–H and O–H groups in total. The average molecular weight is 393 g/mol. The third-order valence-electron chi connectivity index (χ3n) is 3.99. The van der Waals surface area contributed by atoms with E-state index in [-0.39, 0.29) is 5.91 Å². The molecule has 0 fully saturated rings. The normalized spacial score (nSPS) is 11.0. The number of amides is 1. The second-order valence-electron chi connectivity index (χ2n) is 5.69. The summed E-state index contributed by atoms with van der Waals surface area (Å²) < 4.78 is 2.81. The summed E-state index contributed by atoms with van der Waals surface area (Å²) in [7, 11) is 0. The fourth-order valence-electron chi connectivity index (χ4n) is 2.52. The van der Waals surface area contributed by atoms with E-state index in [0.717, 1.165) is 36.1 Å². The molecule has 0 aliphatic heterocycles. The van der Waals surface area contributed by atoms with Gasteiger partial charge in [-0.25, -0.2) is 0 Å². The number of halogens is 1. The molecule has 5 nitrogen and oxygen atoms in total. The van der Waals surface area contributed by atoms with Crippen LogP contribution < -0.4 is 5.32 Å². The van der Waals surface area contributed by atoms with Crippen molar-refractivity contribution >= 4 is 21.8 Å². The van der Waals surface area contributed by atoms with Gasteiger partial charge in [-0.3, -0.25) is 9.48 Å². The third-order valence-corrected chi connectivity index (χ3v) is 4.40. The molecule has 0 saturated carbocycles. The minimum atomic E-state index is -0.0112. The van der Waals surface area contributed by atoms with Crippen LogP contribution in [0.5, 0.6) is 0 Å². The molecule has 2 rings (SSSR count). The number of nitrogens with zero attached hydrogens (tertiary/aromatic N) is 3. The maximum atomic E-state index is 12.2. The Morgan fingerprint density at radius 2 is 1.96 bits per heavy atom. The van der Waals surface area contributed by atoms with Crippen molar-refractivity contribution in [2.24, 2.45) is 0 Å². The van der Waals surface area contributed by atoms with Crippen LogP contribution in [0.3, 0.4) is 0 Å². The molecular formula is C18H25BrN4O. The highest BCUT2D eigenvalue weighted by Gasteiger charge is 2.06. The Labute approximate surface area is 152 Å². The van der Waals surface area contributed by atoms with Crippen molar-refractivity contribution in [3.63, 3.8) is 0 Å². The van der Waals surface area contributed by atoms with Gasteiger partial charge in [-0.1, -0.05) is 26.0 Å². The van der Waals surface area contributed by atoms with E-state index in [0.29, 0.717) is 18.7 Å². The van der Waals surface area contributed by atoms with Gasteiger partial charge in [0.05, 0.1) is 17.2 Å². The molecule has 1 heterocycles. The lowest BCUT2D eigenvalue weighted by Gasteiger charge is -2.17. The zero-order chi connectivity index (χ0) is 17.4. The summed E-state index contributed by atoms with van der Waals surface area (Å²) in [5, 5.41) is 7.22. The molecule has 0 radical (unpaired) electrons. The number of aromatic nitrogens is 2. The van der Waals surface area contributed by atoms with Gasteiger partial charge in [-0.05, 0) is 59.7 Å². The van der Waals surface area contributed by atoms with Gasteiger partial charge in [0.15, 0.2) is 0 Å². The minimum Gasteiger partial charge on any atom is -0.352 e. The first-order chi connectivity index (χ1) is 11.6. The Balaban J connectivity index is 1.78. The van der Waals surface area contributed by atoms with E-state index in [4.69, 9.17) is 0 Å². The summed E-state index contributed by atoms with van der Waals surface area (Å²) >= 11 is 3.38. The standard InChI is InChI=1S/C18H25BrN4O/c1-3-22(4-2)11-5-10-20-18(24)16-8-6-15(7-9-16)13-23-14-17(19)12-21-23/h6-9,12,14H,3-5,10-11,13H2,1-2H3,(H,20,24). The van der Waals surface area contributed by atoms with Crippen molar-refractivity contribution in [2.45, 2.75) is 26.8 Å². The summed E-state index contributed by atoms with van der Waals surface area (Å²) in [6, 6.07) is 7.68. The van der Waals surface area contributed by atoms with E-state index < -0.39 is 0 Å². The van der Waals surface area contributed by atoms with E-state index in [9.17, 15) is 4.79 Å². The van der Waals surface area contributed by atoms with Crippen LogP contribution in [0, 0.1) is 0 Å². The number of benzene rings is 1. The van der Waals surface area contributed by atoms with Crippen molar-refractivity contribution < 1.29 is 4.79 Å². The fraction of sp³-hybridized carbons (Fsp3) is 0.444. The Kier molecular flexibility index (Phi) is 7.46. The number of hydrogen-bond donors (Lipinski definition) is 1. The van der Waals surface area contributed by atoms with Crippen LogP contribution in [-0.4, -0.2) is 46.8 Å². The van der Waals surface area contributed by atoms with Gasteiger partial charge in [-0.15, -0.1) is 0 Å². The highest BCUT2D eigenvalue weighted by molar-refractivity contribution is 9.10. The SMILES string of the molecule is CCN(CC)CCCNC(=O)c1ccc(Cn2cc(Br)cn2)cc1. The van der Waals surface area contributed by atoms with Gasteiger partial charge < -0.3 is 10.2 Å².